The number of carbonyl (C=O) groups is 1. The van der Waals surface area contributed by atoms with Gasteiger partial charge in [0, 0.05) is 19.3 Å². The number of aromatic nitrogens is 6. The molecule has 3 heterocycles. The predicted molar refractivity (Wildman–Crippen MR) is 84.7 cm³/mol. The van der Waals surface area contributed by atoms with Crippen molar-refractivity contribution in [1.82, 2.24) is 34.7 Å². The molecule has 4 rings (SSSR count). The maximum absolute atomic E-state index is 13.3. The summed E-state index contributed by atoms with van der Waals surface area (Å²) in [6.45, 7) is 2.12. The van der Waals surface area contributed by atoms with E-state index in [4.69, 9.17) is 0 Å². The Kier molecular flexibility index (Phi) is 3.78. The Morgan fingerprint density at radius 1 is 1.12 bits per heavy atom. The van der Waals surface area contributed by atoms with Gasteiger partial charge in [-0.3, -0.25) is 4.79 Å². The van der Waals surface area contributed by atoms with Crippen molar-refractivity contribution in [2.75, 3.05) is 6.54 Å². The van der Waals surface area contributed by atoms with Crippen molar-refractivity contribution in [3.63, 3.8) is 0 Å². The van der Waals surface area contributed by atoms with Crippen LogP contribution in [-0.2, 0) is 17.9 Å². The molecule has 3 aromatic rings. The number of hydrogen-bond acceptors (Lipinski definition) is 5. The zero-order valence-electron chi connectivity index (χ0n) is 13.1. The van der Waals surface area contributed by atoms with Gasteiger partial charge in [0.1, 0.15) is 6.33 Å². The number of rotatable bonds is 3. The third kappa shape index (κ3) is 2.66. The second kappa shape index (κ2) is 6.23. The molecule has 0 spiro atoms. The molecule has 0 N–H and O–H groups in total. The van der Waals surface area contributed by atoms with Crippen LogP contribution in [0.1, 0.15) is 23.7 Å². The van der Waals surface area contributed by atoms with E-state index in [1.54, 1.807) is 0 Å². The average Bonchev–Trinajstić information content (AvgIpc) is 3.24. The van der Waals surface area contributed by atoms with Crippen LogP contribution in [0.3, 0.4) is 0 Å². The lowest BCUT2D eigenvalue weighted by atomic mass is 10.1. The van der Waals surface area contributed by atoms with E-state index in [2.05, 4.69) is 25.1 Å². The largest absolute Gasteiger partial charge is 0.335 e. The summed E-state index contributed by atoms with van der Waals surface area (Å²) in [6, 6.07) is 9.04. The average molecular weight is 323 g/mol. The molecule has 1 amide bonds. The fourth-order valence-electron chi connectivity index (χ4n) is 3.08. The number of tetrazole rings is 1. The van der Waals surface area contributed by atoms with Crippen LogP contribution in [0, 0.1) is 0 Å². The van der Waals surface area contributed by atoms with Gasteiger partial charge in [-0.2, -0.15) is 0 Å². The van der Waals surface area contributed by atoms with Crippen molar-refractivity contribution in [3.05, 3.63) is 60.4 Å². The number of hydrogen-bond donors (Lipinski definition) is 0. The van der Waals surface area contributed by atoms with Crippen molar-refractivity contribution in [2.45, 2.75) is 25.6 Å². The Bertz CT molecular complexity index is 812. The molecule has 1 aliphatic rings. The van der Waals surface area contributed by atoms with Gasteiger partial charge in [0.25, 0.3) is 5.91 Å². The lowest BCUT2D eigenvalue weighted by molar-refractivity contribution is -0.134. The third-order valence-electron chi connectivity index (χ3n) is 4.27. The van der Waals surface area contributed by atoms with E-state index < -0.39 is 6.04 Å². The highest BCUT2D eigenvalue weighted by molar-refractivity contribution is 5.83. The van der Waals surface area contributed by atoms with Crippen molar-refractivity contribution < 1.29 is 4.79 Å². The first kappa shape index (κ1) is 14.6. The summed E-state index contributed by atoms with van der Waals surface area (Å²) in [5.41, 5.74) is 1.91. The van der Waals surface area contributed by atoms with Gasteiger partial charge in [-0.15, -0.1) is 5.10 Å². The van der Waals surface area contributed by atoms with Crippen LogP contribution in [-0.4, -0.2) is 47.1 Å². The molecular weight excluding hydrogens is 306 g/mol. The minimum atomic E-state index is -0.560. The number of imidazole rings is 1. The van der Waals surface area contributed by atoms with E-state index in [9.17, 15) is 4.79 Å². The minimum Gasteiger partial charge on any atom is -0.335 e. The molecule has 0 saturated carbocycles. The van der Waals surface area contributed by atoms with Gasteiger partial charge >= 0.3 is 0 Å². The van der Waals surface area contributed by atoms with Crippen LogP contribution in [0.15, 0.2) is 49.2 Å². The first-order chi connectivity index (χ1) is 11.8. The van der Waals surface area contributed by atoms with E-state index in [1.807, 2.05) is 47.8 Å². The van der Waals surface area contributed by atoms with E-state index in [-0.39, 0.29) is 5.91 Å². The molecule has 2 aromatic heterocycles. The minimum absolute atomic E-state index is 0.0110. The zero-order chi connectivity index (χ0) is 16.4. The quantitative estimate of drug-likeness (QED) is 0.715. The zero-order valence-corrected chi connectivity index (χ0v) is 13.1. The fourth-order valence-corrected chi connectivity index (χ4v) is 3.08. The molecule has 0 bridgehead atoms. The number of aryl methyl sites for hydroxylation is 1. The van der Waals surface area contributed by atoms with Crippen LogP contribution in [0.5, 0.6) is 0 Å². The van der Waals surface area contributed by atoms with Crippen LogP contribution < -0.4 is 0 Å². The highest BCUT2D eigenvalue weighted by atomic mass is 16.2. The molecule has 1 atom stereocenters. The lowest BCUT2D eigenvalue weighted by Gasteiger charge is -2.25. The van der Waals surface area contributed by atoms with Crippen molar-refractivity contribution >= 4 is 5.91 Å². The molecule has 0 saturated heterocycles. The van der Waals surface area contributed by atoms with Crippen LogP contribution >= 0.6 is 0 Å². The summed E-state index contributed by atoms with van der Waals surface area (Å²) >= 11 is 0. The van der Waals surface area contributed by atoms with Crippen molar-refractivity contribution in [2.24, 2.45) is 0 Å². The Balaban J connectivity index is 1.67. The lowest BCUT2D eigenvalue weighted by Crippen LogP contribution is -2.38. The van der Waals surface area contributed by atoms with Gasteiger partial charge in [0.15, 0.2) is 6.04 Å². The Morgan fingerprint density at radius 2 is 2.00 bits per heavy atom. The smallest absolute Gasteiger partial charge is 0.252 e. The van der Waals surface area contributed by atoms with Gasteiger partial charge in [-0.05, 0) is 22.4 Å². The molecule has 0 fully saturated rings. The summed E-state index contributed by atoms with van der Waals surface area (Å²) in [5.74, 6) is -0.0110. The molecule has 122 valence electrons. The van der Waals surface area contributed by atoms with Crippen LogP contribution in [0.2, 0.25) is 0 Å². The summed E-state index contributed by atoms with van der Waals surface area (Å²) in [7, 11) is 0. The number of fused-ring (bicyclic) bond motifs is 1. The Labute approximate surface area is 138 Å². The highest BCUT2D eigenvalue weighted by Crippen LogP contribution is 2.22. The summed E-state index contributed by atoms with van der Waals surface area (Å²) in [6.07, 6.45) is 6.02. The van der Waals surface area contributed by atoms with Gasteiger partial charge in [-0.25, -0.2) is 9.67 Å². The Hall–Kier alpha value is -3.03. The van der Waals surface area contributed by atoms with Gasteiger partial charge in [-0.1, -0.05) is 30.3 Å². The summed E-state index contributed by atoms with van der Waals surface area (Å²) in [5, 5.41) is 11.3. The Morgan fingerprint density at radius 3 is 2.79 bits per heavy atom. The SMILES string of the molecule is O=C([C@H](c1ccccc1)n1cnnn1)N1CCCn2cncc2C1. The molecule has 8 nitrogen and oxygen atoms in total. The summed E-state index contributed by atoms with van der Waals surface area (Å²) < 4.78 is 3.61. The van der Waals surface area contributed by atoms with E-state index >= 15 is 0 Å². The van der Waals surface area contributed by atoms with Gasteiger partial charge < -0.3 is 9.47 Å². The standard InChI is InChI=1S/C16H17N7O/c24-16(21-7-4-8-22-11-17-9-14(22)10-21)15(23-12-18-19-20-23)13-5-2-1-3-6-13/h1-3,5-6,9,11-12,15H,4,7-8,10H2/t15-/m0/s1. The van der Waals surface area contributed by atoms with Gasteiger partial charge in [0.2, 0.25) is 0 Å². The molecule has 0 unspecified atom stereocenters. The molecule has 0 radical (unpaired) electrons. The van der Waals surface area contributed by atoms with Crippen molar-refractivity contribution in [1.29, 1.82) is 0 Å². The first-order valence-electron chi connectivity index (χ1n) is 7.88. The van der Waals surface area contributed by atoms with E-state index in [0.29, 0.717) is 13.1 Å². The maximum atomic E-state index is 13.3. The molecule has 1 aromatic carbocycles. The maximum Gasteiger partial charge on any atom is 0.252 e. The fraction of sp³-hybridized carbons (Fsp3) is 0.312. The molecule has 1 aliphatic heterocycles. The third-order valence-corrected chi connectivity index (χ3v) is 4.27. The van der Waals surface area contributed by atoms with Crippen LogP contribution in [0.25, 0.3) is 0 Å². The number of benzene rings is 1. The van der Waals surface area contributed by atoms with E-state index in [0.717, 1.165) is 24.2 Å². The monoisotopic (exact) mass is 323 g/mol. The highest BCUT2D eigenvalue weighted by Gasteiger charge is 2.30. The number of carbonyl (C=O) groups excluding carboxylic acids is 1. The molecule has 24 heavy (non-hydrogen) atoms. The van der Waals surface area contributed by atoms with Gasteiger partial charge in [0.05, 0.1) is 18.6 Å². The summed E-state index contributed by atoms with van der Waals surface area (Å²) in [4.78, 5) is 19.3. The number of amides is 1. The second-order valence-electron chi connectivity index (χ2n) is 5.79. The topological polar surface area (TPSA) is 81.7 Å². The molecular formula is C16H17N7O. The predicted octanol–water partition coefficient (Wildman–Crippen LogP) is 0.891. The van der Waals surface area contributed by atoms with Crippen LogP contribution in [0.4, 0.5) is 0 Å². The first-order valence-corrected chi connectivity index (χ1v) is 7.88. The molecule has 8 heteroatoms. The normalized spacial score (nSPS) is 15.6. The number of nitrogens with zero attached hydrogens (tertiary/aromatic N) is 7. The van der Waals surface area contributed by atoms with E-state index in [1.165, 1.54) is 11.0 Å². The second-order valence-corrected chi connectivity index (χ2v) is 5.79. The molecule has 0 aliphatic carbocycles. The van der Waals surface area contributed by atoms with Crippen molar-refractivity contribution in [3.8, 4) is 0 Å².